The molecule has 1 atom stereocenters. The molecule has 4 aromatic rings. The van der Waals surface area contributed by atoms with Gasteiger partial charge in [0.25, 0.3) is 0 Å². The van der Waals surface area contributed by atoms with Crippen LogP contribution in [0.2, 0.25) is 0 Å². The summed E-state index contributed by atoms with van der Waals surface area (Å²) in [6.45, 7) is 3.32. The molecule has 0 radical (unpaired) electrons. The zero-order valence-electron chi connectivity index (χ0n) is 15.7. The summed E-state index contributed by atoms with van der Waals surface area (Å²) in [4.78, 5) is 11.4. The topological polar surface area (TPSA) is 96.6 Å². The van der Waals surface area contributed by atoms with Gasteiger partial charge in [-0.25, -0.2) is 8.42 Å². The van der Waals surface area contributed by atoms with E-state index >= 15 is 0 Å². The highest BCUT2D eigenvalue weighted by Crippen LogP contribution is 2.37. The molecule has 0 saturated carbocycles. The highest BCUT2D eigenvalue weighted by atomic mass is 32.2. The van der Waals surface area contributed by atoms with Crippen LogP contribution in [0.1, 0.15) is 13.8 Å². The molecule has 2 aromatic carbocycles. The lowest BCUT2D eigenvalue weighted by molar-refractivity contribution is -0.140. The molecule has 0 aliphatic rings. The minimum Gasteiger partial charge on any atom is -0.480 e. The van der Waals surface area contributed by atoms with E-state index < -0.39 is 22.0 Å². The second kappa shape index (κ2) is 7.29. The maximum absolute atomic E-state index is 12.7. The van der Waals surface area contributed by atoms with Gasteiger partial charge in [0.15, 0.2) is 0 Å². The van der Waals surface area contributed by atoms with Gasteiger partial charge in [-0.1, -0.05) is 19.9 Å². The Balaban J connectivity index is 1.76. The maximum atomic E-state index is 12.7. The SMILES string of the molecule is CC(C)[C@H](NS(=O)(=O)c1ccc2c(c1)sc1ccc(-c3ccco3)cc12)C(=O)O. The van der Waals surface area contributed by atoms with Crippen LogP contribution in [0.3, 0.4) is 0 Å². The summed E-state index contributed by atoms with van der Waals surface area (Å²) < 4.78 is 35.1. The third kappa shape index (κ3) is 3.66. The molecule has 29 heavy (non-hydrogen) atoms. The van der Waals surface area contributed by atoms with Crippen molar-refractivity contribution in [1.29, 1.82) is 0 Å². The van der Waals surface area contributed by atoms with Gasteiger partial charge in [-0.3, -0.25) is 4.79 Å². The number of hydrogen-bond acceptors (Lipinski definition) is 5. The first-order valence-electron chi connectivity index (χ1n) is 9.01. The fourth-order valence-electron chi connectivity index (χ4n) is 3.23. The van der Waals surface area contributed by atoms with Crippen LogP contribution in [0, 0.1) is 5.92 Å². The fourth-order valence-corrected chi connectivity index (χ4v) is 5.79. The summed E-state index contributed by atoms with van der Waals surface area (Å²) in [5, 5.41) is 11.2. The standard InChI is InChI=1S/C21H19NO5S2/c1-12(2)20(21(23)24)22-29(25,26)14-6-7-15-16-10-13(17-4-3-9-27-17)5-8-18(16)28-19(15)11-14/h3-12,20,22H,1-2H3,(H,23,24)/t20-/m0/s1. The van der Waals surface area contributed by atoms with E-state index in [4.69, 9.17) is 4.42 Å². The number of fused-ring (bicyclic) bond motifs is 3. The molecule has 150 valence electrons. The van der Waals surface area contributed by atoms with Gasteiger partial charge in [0.05, 0.1) is 11.2 Å². The molecule has 0 fully saturated rings. The first-order valence-corrected chi connectivity index (χ1v) is 11.3. The third-order valence-corrected chi connectivity index (χ3v) is 7.35. The summed E-state index contributed by atoms with van der Waals surface area (Å²) in [5.41, 5.74) is 0.946. The Morgan fingerprint density at radius 1 is 1.07 bits per heavy atom. The Morgan fingerprint density at radius 2 is 1.86 bits per heavy atom. The Labute approximate surface area is 171 Å². The summed E-state index contributed by atoms with van der Waals surface area (Å²) in [6.07, 6.45) is 1.62. The normalized spacial score (nSPS) is 13.3. The summed E-state index contributed by atoms with van der Waals surface area (Å²) in [5.74, 6) is -0.810. The molecule has 4 rings (SSSR count). The Kier molecular flexibility index (Phi) is 4.94. The number of benzene rings is 2. The van der Waals surface area contributed by atoms with Gasteiger partial charge in [0.2, 0.25) is 10.0 Å². The van der Waals surface area contributed by atoms with E-state index in [-0.39, 0.29) is 10.8 Å². The van der Waals surface area contributed by atoms with Crippen molar-refractivity contribution in [2.24, 2.45) is 5.92 Å². The molecule has 2 N–H and O–H groups in total. The van der Waals surface area contributed by atoms with Crippen LogP contribution in [0.5, 0.6) is 0 Å². The molecule has 0 saturated heterocycles. The zero-order valence-corrected chi connectivity index (χ0v) is 17.4. The highest BCUT2D eigenvalue weighted by Gasteiger charge is 2.28. The average molecular weight is 430 g/mol. The van der Waals surface area contributed by atoms with Crippen molar-refractivity contribution in [3.8, 4) is 11.3 Å². The minimum absolute atomic E-state index is 0.0507. The smallest absolute Gasteiger partial charge is 0.322 e. The molecule has 8 heteroatoms. The molecule has 0 spiro atoms. The van der Waals surface area contributed by atoms with Gasteiger partial charge in [0.1, 0.15) is 11.8 Å². The van der Waals surface area contributed by atoms with Gasteiger partial charge < -0.3 is 9.52 Å². The second-order valence-electron chi connectivity index (χ2n) is 7.13. The van der Waals surface area contributed by atoms with E-state index in [9.17, 15) is 18.3 Å². The van der Waals surface area contributed by atoms with Crippen molar-refractivity contribution in [1.82, 2.24) is 4.72 Å². The maximum Gasteiger partial charge on any atom is 0.322 e. The van der Waals surface area contributed by atoms with E-state index in [1.807, 2.05) is 30.3 Å². The second-order valence-corrected chi connectivity index (χ2v) is 9.93. The molecular weight excluding hydrogens is 410 g/mol. The van der Waals surface area contributed by atoms with Crippen molar-refractivity contribution in [2.75, 3.05) is 0 Å². The number of nitrogens with one attached hydrogen (secondary N) is 1. The van der Waals surface area contributed by atoms with Crippen molar-refractivity contribution >= 4 is 47.5 Å². The third-order valence-electron chi connectivity index (χ3n) is 4.77. The lowest BCUT2D eigenvalue weighted by atomic mass is 10.1. The number of carboxylic acid groups (broad SMARTS) is 1. The first kappa shape index (κ1) is 19.6. The van der Waals surface area contributed by atoms with E-state index in [1.54, 1.807) is 32.2 Å². The number of rotatable bonds is 6. The highest BCUT2D eigenvalue weighted by molar-refractivity contribution is 7.89. The molecular formula is C21H19NO5S2. The lowest BCUT2D eigenvalue weighted by Crippen LogP contribution is -2.44. The van der Waals surface area contributed by atoms with Crippen LogP contribution in [-0.4, -0.2) is 25.5 Å². The number of carboxylic acids is 1. The zero-order chi connectivity index (χ0) is 20.8. The summed E-state index contributed by atoms with van der Waals surface area (Å²) in [7, 11) is -3.96. The number of furan rings is 1. The van der Waals surface area contributed by atoms with Crippen molar-refractivity contribution in [2.45, 2.75) is 24.8 Å². The first-order chi connectivity index (χ1) is 13.8. The van der Waals surface area contributed by atoms with Gasteiger partial charge in [-0.15, -0.1) is 11.3 Å². The average Bonchev–Trinajstić information content (AvgIpc) is 3.32. The van der Waals surface area contributed by atoms with Crippen molar-refractivity contribution < 1.29 is 22.7 Å². The van der Waals surface area contributed by atoms with Gasteiger partial charge in [-0.2, -0.15) is 4.72 Å². The lowest BCUT2D eigenvalue weighted by Gasteiger charge is -2.18. The molecule has 0 aliphatic carbocycles. The molecule has 0 bridgehead atoms. The van der Waals surface area contributed by atoms with Crippen LogP contribution in [0.15, 0.2) is 64.1 Å². The monoisotopic (exact) mass is 429 g/mol. The van der Waals surface area contributed by atoms with Gasteiger partial charge in [0, 0.05) is 25.7 Å². The van der Waals surface area contributed by atoms with Crippen molar-refractivity contribution in [3.63, 3.8) is 0 Å². The molecule has 2 heterocycles. The molecule has 6 nitrogen and oxygen atoms in total. The van der Waals surface area contributed by atoms with E-state index in [2.05, 4.69) is 4.72 Å². The van der Waals surface area contributed by atoms with Gasteiger partial charge >= 0.3 is 5.97 Å². The molecule has 0 amide bonds. The van der Waals surface area contributed by atoms with E-state index in [1.165, 1.54) is 17.4 Å². The Morgan fingerprint density at radius 3 is 2.52 bits per heavy atom. The van der Waals surface area contributed by atoms with Crippen LogP contribution in [0.25, 0.3) is 31.5 Å². The summed E-state index contributed by atoms with van der Waals surface area (Å²) in [6, 6.07) is 13.4. The Hall–Kier alpha value is -2.68. The Bertz CT molecular complexity index is 1300. The quantitative estimate of drug-likeness (QED) is 0.463. The summed E-state index contributed by atoms with van der Waals surface area (Å²) >= 11 is 1.49. The predicted octanol–water partition coefficient (Wildman–Crippen LogP) is 4.70. The number of carbonyl (C=O) groups is 1. The number of aliphatic carboxylic acids is 1. The number of sulfonamides is 1. The largest absolute Gasteiger partial charge is 0.480 e. The molecule has 2 aromatic heterocycles. The fraction of sp³-hybridized carbons (Fsp3) is 0.190. The van der Waals surface area contributed by atoms with Crippen molar-refractivity contribution in [3.05, 3.63) is 54.8 Å². The van der Waals surface area contributed by atoms with E-state index in [0.717, 1.165) is 31.5 Å². The van der Waals surface area contributed by atoms with Crippen LogP contribution in [-0.2, 0) is 14.8 Å². The molecule has 0 unspecified atom stereocenters. The van der Waals surface area contributed by atoms with Gasteiger partial charge in [-0.05, 0) is 48.4 Å². The molecule has 0 aliphatic heterocycles. The predicted molar refractivity (Wildman–Crippen MR) is 114 cm³/mol. The van der Waals surface area contributed by atoms with Crippen LogP contribution >= 0.6 is 11.3 Å². The number of hydrogen-bond donors (Lipinski definition) is 2. The van der Waals surface area contributed by atoms with Crippen LogP contribution in [0.4, 0.5) is 0 Å². The van der Waals surface area contributed by atoms with E-state index in [0.29, 0.717) is 0 Å². The minimum atomic E-state index is -3.96. The van der Waals surface area contributed by atoms with Crippen LogP contribution < -0.4 is 4.72 Å². The number of thiophene rings is 1.